The van der Waals surface area contributed by atoms with Crippen LogP contribution >= 0.6 is 0 Å². The average molecular weight is 305 g/mol. The van der Waals surface area contributed by atoms with Crippen molar-refractivity contribution in [3.8, 4) is 5.75 Å². The van der Waals surface area contributed by atoms with Crippen LogP contribution in [0.2, 0.25) is 0 Å². The highest BCUT2D eigenvalue weighted by atomic mass is 16.5. The van der Waals surface area contributed by atoms with Crippen LogP contribution < -0.4 is 20.3 Å². The van der Waals surface area contributed by atoms with Gasteiger partial charge in [0.15, 0.2) is 6.10 Å². The number of amides is 3. The van der Waals surface area contributed by atoms with Gasteiger partial charge in [-0.05, 0) is 26.0 Å². The number of hydrogen-bond acceptors (Lipinski definition) is 4. The van der Waals surface area contributed by atoms with Crippen molar-refractivity contribution >= 4 is 23.4 Å². The number of likely N-dealkylation sites (N-methyl/N-ethyl adjacent to an activating group) is 1. The average Bonchev–Trinajstić information content (AvgIpc) is 2.50. The molecule has 0 fully saturated rings. The van der Waals surface area contributed by atoms with E-state index in [-0.39, 0.29) is 24.9 Å². The Labute approximate surface area is 128 Å². The van der Waals surface area contributed by atoms with E-state index in [1.165, 1.54) is 4.90 Å². The number of nitrogens with zero attached hydrogens (tertiary/aromatic N) is 1. The van der Waals surface area contributed by atoms with Crippen LogP contribution in [0.25, 0.3) is 0 Å². The Morgan fingerprint density at radius 2 is 1.95 bits per heavy atom. The standard InChI is InChI=1S/C15H19N3O4/c1-3-16-13(19)8-17-14(20)9-18-11-6-4-5-7-12(11)22-10(2)15(18)21/h4-7,10H,3,8-9H2,1-2H3,(H,16,19)(H,17,20). The number of benzene rings is 1. The molecular formula is C15H19N3O4. The Morgan fingerprint density at radius 3 is 2.68 bits per heavy atom. The molecule has 1 aromatic carbocycles. The molecule has 2 N–H and O–H groups in total. The Morgan fingerprint density at radius 1 is 1.23 bits per heavy atom. The summed E-state index contributed by atoms with van der Waals surface area (Å²) in [5, 5.41) is 5.08. The van der Waals surface area contributed by atoms with Gasteiger partial charge in [0.1, 0.15) is 12.3 Å². The fourth-order valence-corrected chi connectivity index (χ4v) is 2.16. The first kappa shape index (κ1) is 15.8. The summed E-state index contributed by atoms with van der Waals surface area (Å²) in [6.07, 6.45) is -0.647. The summed E-state index contributed by atoms with van der Waals surface area (Å²) in [6.45, 7) is 3.68. The lowest BCUT2D eigenvalue weighted by atomic mass is 10.2. The second kappa shape index (κ2) is 6.93. The molecule has 1 unspecified atom stereocenters. The van der Waals surface area contributed by atoms with Gasteiger partial charge in [0.05, 0.1) is 12.2 Å². The molecule has 1 aromatic rings. The predicted octanol–water partition coefficient (Wildman–Crippen LogP) is 0.0528. The number of nitrogens with one attached hydrogen (secondary N) is 2. The molecular weight excluding hydrogens is 286 g/mol. The normalized spacial score (nSPS) is 16.5. The summed E-state index contributed by atoms with van der Waals surface area (Å²) in [7, 11) is 0. The number of hydrogen-bond donors (Lipinski definition) is 2. The maximum Gasteiger partial charge on any atom is 0.268 e. The number of ether oxygens (including phenoxy) is 1. The van der Waals surface area contributed by atoms with Gasteiger partial charge in [-0.15, -0.1) is 0 Å². The van der Waals surface area contributed by atoms with Crippen LogP contribution in [0.3, 0.4) is 0 Å². The molecule has 1 atom stereocenters. The van der Waals surface area contributed by atoms with Gasteiger partial charge in [0.2, 0.25) is 11.8 Å². The van der Waals surface area contributed by atoms with E-state index in [9.17, 15) is 14.4 Å². The maximum atomic E-state index is 12.2. The molecule has 0 bridgehead atoms. The third-order valence-corrected chi connectivity index (χ3v) is 3.20. The molecule has 0 saturated heterocycles. The van der Waals surface area contributed by atoms with E-state index in [1.807, 2.05) is 0 Å². The summed E-state index contributed by atoms with van der Waals surface area (Å²) in [5.41, 5.74) is 0.554. The van der Waals surface area contributed by atoms with Crippen LogP contribution in [0, 0.1) is 0 Å². The van der Waals surface area contributed by atoms with Crippen molar-refractivity contribution in [2.45, 2.75) is 20.0 Å². The van der Waals surface area contributed by atoms with E-state index in [1.54, 1.807) is 38.1 Å². The second-order valence-corrected chi connectivity index (χ2v) is 4.88. The van der Waals surface area contributed by atoms with Gasteiger partial charge in [-0.3, -0.25) is 19.3 Å². The number of carbonyl (C=O) groups is 3. The monoisotopic (exact) mass is 305 g/mol. The van der Waals surface area contributed by atoms with Crippen molar-refractivity contribution in [2.24, 2.45) is 0 Å². The van der Waals surface area contributed by atoms with E-state index in [0.29, 0.717) is 18.0 Å². The number of fused-ring (bicyclic) bond motifs is 1. The fraction of sp³-hybridized carbons (Fsp3) is 0.400. The van der Waals surface area contributed by atoms with Crippen molar-refractivity contribution in [3.05, 3.63) is 24.3 Å². The number of rotatable bonds is 5. The van der Waals surface area contributed by atoms with E-state index >= 15 is 0 Å². The molecule has 0 radical (unpaired) electrons. The van der Waals surface area contributed by atoms with Crippen LogP contribution in [-0.2, 0) is 14.4 Å². The van der Waals surface area contributed by atoms with Gasteiger partial charge < -0.3 is 15.4 Å². The third-order valence-electron chi connectivity index (χ3n) is 3.20. The summed E-state index contributed by atoms with van der Waals surface area (Å²) in [5.74, 6) is -0.389. The van der Waals surface area contributed by atoms with E-state index in [0.717, 1.165) is 0 Å². The van der Waals surface area contributed by atoms with Crippen LogP contribution in [0.15, 0.2) is 24.3 Å². The van der Waals surface area contributed by atoms with E-state index < -0.39 is 12.0 Å². The summed E-state index contributed by atoms with van der Waals surface area (Å²) in [4.78, 5) is 36.9. The second-order valence-electron chi connectivity index (χ2n) is 4.88. The Hall–Kier alpha value is -2.57. The minimum atomic E-state index is -0.647. The molecule has 7 heteroatoms. The Balaban J connectivity index is 2.03. The SMILES string of the molecule is CCNC(=O)CNC(=O)CN1C(=O)C(C)Oc2ccccc21. The molecule has 0 aliphatic carbocycles. The quantitative estimate of drug-likeness (QED) is 0.805. The minimum absolute atomic E-state index is 0.109. The zero-order valence-electron chi connectivity index (χ0n) is 12.6. The third kappa shape index (κ3) is 3.55. The molecule has 2 rings (SSSR count). The van der Waals surface area contributed by atoms with Gasteiger partial charge in [-0.25, -0.2) is 0 Å². The molecule has 7 nitrogen and oxygen atoms in total. The van der Waals surface area contributed by atoms with Gasteiger partial charge in [0, 0.05) is 6.54 Å². The molecule has 0 spiro atoms. The number of anilines is 1. The van der Waals surface area contributed by atoms with Crippen molar-refractivity contribution in [2.75, 3.05) is 24.5 Å². The van der Waals surface area contributed by atoms with Crippen LogP contribution in [0.4, 0.5) is 5.69 Å². The molecule has 1 heterocycles. The zero-order chi connectivity index (χ0) is 16.1. The molecule has 1 aliphatic rings. The Kier molecular flexibility index (Phi) is 4.98. The summed E-state index contributed by atoms with van der Waals surface area (Å²) < 4.78 is 5.50. The molecule has 0 aromatic heterocycles. The fourth-order valence-electron chi connectivity index (χ4n) is 2.16. The first-order chi connectivity index (χ1) is 10.5. The van der Waals surface area contributed by atoms with Crippen molar-refractivity contribution in [3.63, 3.8) is 0 Å². The first-order valence-corrected chi connectivity index (χ1v) is 7.13. The molecule has 0 saturated carbocycles. The van der Waals surface area contributed by atoms with Crippen LogP contribution in [0.5, 0.6) is 5.75 Å². The summed E-state index contributed by atoms with van der Waals surface area (Å²) in [6, 6.07) is 7.04. The van der Waals surface area contributed by atoms with Crippen molar-refractivity contribution < 1.29 is 19.1 Å². The predicted molar refractivity (Wildman–Crippen MR) is 80.6 cm³/mol. The van der Waals surface area contributed by atoms with Crippen LogP contribution in [0.1, 0.15) is 13.8 Å². The van der Waals surface area contributed by atoms with Crippen LogP contribution in [-0.4, -0.2) is 43.5 Å². The molecule has 3 amide bonds. The minimum Gasteiger partial charge on any atom is -0.479 e. The van der Waals surface area contributed by atoms with Gasteiger partial charge in [-0.2, -0.15) is 0 Å². The first-order valence-electron chi connectivity index (χ1n) is 7.13. The Bertz CT molecular complexity index is 588. The van der Waals surface area contributed by atoms with Gasteiger partial charge in [0.25, 0.3) is 5.91 Å². The largest absolute Gasteiger partial charge is 0.479 e. The van der Waals surface area contributed by atoms with Crippen molar-refractivity contribution in [1.82, 2.24) is 10.6 Å². The highest BCUT2D eigenvalue weighted by Crippen LogP contribution is 2.33. The highest BCUT2D eigenvalue weighted by molar-refractivity contribution is 6.03. The van der Waals surface area contributed by atoms with E-state index in [4.69, 9.17) is 4.74 Å². The number of carbonyl (C=O) groups excluding carboxylic acids is 3. The smallest absolute Gasteiger partial charge is 0.268 e. The van der Waals surface area contributed by atoms with Crippen molar-refractivity contribution in [1.29, 1.82) is 0 Å². The molecule has 1 aliphatic heterocycles. The lowest BCUT2D eigenvalue weighted by Gasteiger charge is -2.32. The van der Waals surface area contributed by atoms with Gasteiger partial charge >= 0.3 is 0 Å². The topological polar surface area (TPSA) is 87.7 Å². The van der Waals surface area contributed by atoms with E-state index in [2.05, 4.69) is 10.6 Å². The van der Waals surface area contributed by atoms with Gasteiger partial charge in [-0.1, -0.05) is 12.1 Å². The molecule has 22 heavy (non-hydrogen) atoms. The summed E-state index contributed by atoms with van der Waals surface area (Å²) >= 11 is 0. The lowest BCUT2D eigenvalue weighted by Crippen LogP contribution is -2.49. The zero-order valence-corrected chi connectivity index (χ0v) is 12.6. The number of para-hydroxylation sites is 2. The maximum absolute atomic E-state index is 12.2. The lowest BCUT2D eigenvalue weighted by molar-refractivity contribution is -0.129. The highest BCUT2D eigenvalue weighted by Gasteiger charge is 2.32. The molecule has 118 valence electrons.